The minimum Gasteiger partial charge on any atom is -0.330 e. The summed E-state index contributed by atoms with van der Waals surface area (Å²) in [5.74, 6) is 0.849. The van der Waals surface area contributed by atoms with Crippen molar-refractivity contribution in [3.8, 4) is 0 Å². The summed E-state index contributed by atoms with van der Waals surface area (Å²) in [5, 5.41) is 19.1. The van der Waals surface area contributed by atoms with Gasteiger partial charge < -0.3 is 10.6 Å². The van der Waals surface area contributed by atoms with Crippen LogP contribution < -0.4 is 10.6 Å². The second-order valence-electron chi connectivity index (χ2n) is 5.00. The molecular weight excluding hydrogens is 344 g/mol. The van der Waals surface area contributed by atoms with Crippen LogP contribution in [0, 0.1) is 6.92 Å². The van der Waals surface area contributed by atoms with Gasteiger partial charge in [0.1, 0.15) is 5.82 Å². The predicted octanol–water partition coefficient (Wildman–Crippen LogP) is 3.05. The summed E-state index contributed by atoms with van der Waals surface area (Å²) < 4.78 is 2.38. The van der Waals surface area contributed by atoms with Gasteiger partial charge in [-0.1, -0.05) is 41.3 Å². The molecule has 24 heavy (non-hydrogen) atoms. The van der Waals surface area contributed by atoms with Gasteiger partial charge in [-0.2, -0.15) is 5.10 Å². The fourth-order valence-corrected chi connectivity index (χ4v) is 3.57. The van der Waals surface area contributed by atoms with Crippen LogP contribution in [-0.4, -0.2) is 31.6 Å². The molecule has 1 aromatic carbocycles. The van der Waals surface area contributed by atoms with E-state index in [-0.39, 0.29) is 11.7 Å². The third-order valence-electron chi connectivity index (χ3n) is 3.03. The molecule has 0 aliphatic carbocycles. The zero-order valence-corrected chi connectivity index (χ0v) is 14.8. The van der Waals surface area contributed by atoms with Crippen molar-refractivity contribution in [1.82, 2.24) is 20.0 Å². The molecule has 7 nitrogen and oxygen atoms in total. The average Bonchev–Trinajstić information content (AvgIpc) is 3.13. The lowest BCUT2D eigenvalue weighted by atomic mass is 10.3. The van der Waals surface area contributed by atoms with Crippen LogP contribution in [0.4, 0.5) is 16.6 Å². The lowest BCUT2D eigenvalue weighted by Gasteiger charge is -2.03. The Morgan fingerprint density at radius 3 is 2.79 bits per heavy atom. The number of aryl methyl sites for hydroxylation is 2. The standard InChI is InChI=1S/C15H16N6OS2/c1-10-8-12(21(2)20-10)17-13(22)9-23-15-19-18-14(24-15)16-11-6-4-3-5-7-11/h3-8H,9H2,1-2H3,(H,16,18)(H,17,22). The third kappa shape index (κ3) is 4.33. The molecule has 3 rings (SSSR count). The van der Waals surface area contributed by atoms with E-state index in [9.17, 15) is 4.79 Å². The number of aromatic nitrogens is 4. The molecule has 9 heteroatoms. The monoisotopic (exact) mass is 360 g/mol. The zero-order valence-electron chi connectivity index (χ0n) is 13.2. The Morgan fingerprint density at radius 1 is 1.29 bits per heavy atom. The van der Waals surface area contributed by atoms with Crippen LogP contribution in [0.3, 0.4) is 0 Å². The molecule has 2 heterocycles. The number of carbonyl (C=O) groups is 1. The van der Waals surface area contributed by atoms with Crippen LogP contribution >= 0.6 is 23.1 Å². The SMILES string of the molecule is Cc1cc(NC(=O)CSc2nnc(Nc3ccccc3)s2)n(C)n1. The molecule has 0 saturated heterocycles. The first-order chi connectivity index (χ1) is 11.6. The first kappa shape index (κ1) is 16.5. The number of thioether (sulfide) groups is 1. The summed E-state index contributed by atoms with van der Waals surface area (Å²) in [6.45, 7) is 1.88. The number of anilines is 3. The molecule has 0 atom stereocenters. The maximum Gasteiger partial charge on any atom is 0.235 e. The second-order valence-corrected chi connectivity index (χ2v) is 7.20. The highest BCUT2D eigenvalue weighted by Crippen LogP contribution is 2.27. The lowest BCUT2D eigenvalue weighted by molar-refractivity contribution is -0.113. The van der Waals surface area contributed by atoms with E-state index >= 15 is 0 Å². The number of amides is 1. The summed E-state index contributed by atoms with van der Waals surface area (Å²) in [7, 11) is 1.79. The Balaban J connectivity index is 1.52. The molecule has 0 spiro atoms. The Labute approximate surface area is 147 Å². The predicted molar refractivity (Wildman–Crippen MR) is 96.9 cm³/mol. The number of rotatable bonds is 6. The van der Waals surface area contributed by atoms with Gasteiger partial charge in [0, 0.05) is 18.8 Å². The van der Waals surface area contributed by atoms with E-state index < -0.39 is 0 Å². The van der Waals surface area contributed by atoms with Gasteiger partial charge in [0.15, 0.2) is 4.34 Å². The molecule has 3 aromatic rings. The Hall–Kier alpha value is -2.39. The van der Waals surface area contributed by atoms with Crippen LogP contribution in [0.1, 0.15) is 5.69 Å². The van der Waals surface area contributed by atoms with Crippen LogP contribution in [0.25, 0.3) is 0 Å². The molecule has 0 aliphatic rings. The van der Waals surface area contributed by atoms with E-state index in [1.165, 1.54) is 23.1 Å². The molecule has 0 radical (unpaired) electrons. The summed E-state index contributed by atoms with van der Waals surface area (Å²) in [5.41, 5.74) is 1.82. The first-order valence-corrected chi connectivity index (χ1v) is 8.99. The molecule has 1 amide bonds. The van der Waals surface area contributed by atoms with Crippen LogP contribution in [0.15, 0.2) is 40.7 Å². The fourth-order valence-electron chi connectivity index (χ4n) is 2.00. The quantitative estimate of drug-likeness (QED) is 0.657. The van der Waals surface area contributed by atoms with Gasteiger partial charge >= 0.3 is 0 Å². The van der Waals surface area contributed by atoms with E-state index in [0.717, 1.165) is 15.7 Å². The number of hydrogen-bond acceptors (Lipinski definition) is 7. The van der Waals surface area contributed by atoms with E-state index in [1.807, 2.05) is 43.3 Å². The van der Waals surface area contributed by atoms with Crippen molar-refractivity contribution < 1.29 is 4.79 Å². The molecule has 2 aromatic heterocycles. The van der Waals surface area contributed by atoms with E-state index in [1.54, 1.807) is 11.7 Å². The summed E-state index contributed by atoms with van der Waals surface area (Å²) in [6, 6.07) is 11.6. The van der Waals surface area contributed by atoms with Crippen molar-refractivity contribution in [2.24, 2.45) is 7.05 Å². The van der Waals surface area contributed by atoms with Crippen molar-refractivity contribution in [2.75, 3.05) is 16.4 Å². The van der Waals surface area contributed by atoms with Gasteiger partial charge in [0.2, 0.25) is 11.0 Å². The molecule has 0 bridgehead atoms. The number of nitrogens with one attached hydrogen (secondary N) is 2. The minimum atomic E-state index is -0.101. The second kappa shape index (κ2) is 7.45. The highest BCUT2D eigenvalue weighted by Gasteiger charge is 2.10. The number of para-hydroxylation sites is 1. The van der Waals surface area contributed by atoms with Crippen LogP contribution in [0.2, 0.25) is 0 Å². The number of carbonyl (C=O) groups excluding carboxylic acids is 1. The lowest BCUT2D eigenvalue weighted by Crippen LogP contribution is -2.16. The molecule has 124 valence electrons. The Bertz CT molecular complexity index is 830. The molecule has 0 aliphatic heterocycles. The molecule has 0 saturated carbocycles. The van der Waals surface area contributed by atoms with Crippen molar-refractivity contribution in [3.05, 3.63) is 42.1 Å². The van der Waals surface area contributed by atoms with Gasteiger partial charge in [-0.25, -0.2) is 0 Å². The van der Waals surface area contributed by atoms with Gasteiger partial charge in [0.05, 0.1) is 11.4 Å². The molecule has 0 unspecified atom stereocenters. The van der Waals surface area contributed by atoms with Crippen molar-refractivity contribution in [3.63, 3.8) is 0 Å². The number of nitrogens with zero attached hydrogens (tertiary/aromatic N) is 4. The van der Waals surface area contributed by atoms with Gasteiger partial charge in [-0.05, 0) is 19.1 Å². The smallest absolute Gasteiger partial charge is 0.235 e. The topological polar surface area (TPSA) is 84.7 Å². The highest BCUT2D eigenvalue weighted by atomic mass is 32.2. The van der Waals surface area contributed by atoms with Crippen LogP contribution in [0.5, 0.6) is 0 Å². The molecular formula is C15H16N6OS2. The zero-order chi connectivity index (χ0) is 16.9. The first-order valence-electron chi connectivity index (χ1n) is 7.19. The van der Waals surface area contributed by atoms with E-state index in [0.29, 0.717) is 10.9 Å². The summed E-state index contributed by atoms with van der Waals surface area (Å²) in [4.78, 5) is 12.0. The fraction of sp³-hybridized carbons (Fsp3) is 0.200. The highest BCUT2D eigenvalue weighted by molar-refractivity contribution is 8.01. The normalized spacial score (nSPS) is 10.6. The van der Waals surface area contributed by atoms with Crippen molar-refractivity contribution in [1.29, 1.82) is 0 Å². The number of benzene rings is 1. The third-order valence-corrected chi connectivity index (χ3v) is 5.00. The largest absolute Gasteiger partial charge is 0.330 e. The Morgan fingerprint density at radius 2 is 2.08 bits per heavy atom. The van der Waals surface area contributed by atoms with Crippen molar-refractivity contribution >= 4 is 45.6 Å². The van der Waals surface area contributed by atoms with E-state index in [2.05, 4.69) is 25.9 Å². The van der Waals surface area contributed by atoms with Crippen LogP contribution in [-0.2, 0) is 11.8 Å². The molecule has 2 N–H and O–H groups in total. The summed E-state index contributed by atoms with van der Waals surface area (Å²) in [6.07, 6.45) is 0. The van der Waals surface area contributed by atoms with Gasteiger partial charge in [0.25, 0.3) is 0 Å². The minimum absolute atomic E-state index is 0.101. The van der Waals surface area contributed by atoms with Gasteiger partial charge in [-0.3, -0.25) is 9.48 Å². The Kier molecular flexibility index (Phi) is 5.11. The van der Waals surface area contributed by atoms with Crippen molar-refractivity contribution in [2.45, 2.75) is 11.3 Å². The van der Waals surface area contributed by atoms with Gasteiger partial charge in [-0.15, -0.1) is 10.2 Å². The maximum absolute atomic E-state index is 12.0. The summed E-state index contributed by atoms with van der Waals surface area (Å²) >= 11 is 2.77. The molecule has 0 fully saturated rings. The maximum atomic E-state index is 12.0. The van der Waals surface area contributed by atoms with E-state index in [4.69, 9.17) is 0 Å². The average molecular weight is 360 g/mol. The number of hydrogen-bond donors (Lipinski definition) is 2.